The minimum atomic E-state index is -0.320. The number of nitrogens with one attached hydrogen (secondary N) is 2. The average Bonchev–Trinajstić information content (AvgIpc) is 2.92. The van der Waals surface area contributed by atoms with Crippen molar-refractivity contribution in [2.75, 3.05) is 12.4 Å². The van der Waals surface area contributed by atoms with Gasteiger partial charge in [0.1, 0.15) is 11.6 Å². The summed E-state index contributed by atoms with van der Waals surface area (Å²) >= 11 is 0. The van der Waals surface area contributed by atoms with Gasteiger partial charge in [-0.25, -0.2) is 4.39 Å². The van der Waals surface area contributed by atoms with Gasteiger partial charge in [-0.05, 0) is 35.9 Å². The molecular formula is C17H15FN2O2. The summed E-state index contributed by atoms with van der Waals surface area (Å²) in [4.78, 5) is 15.0. The van der Waals surface area contributed by atoms with Gasteiger partial charge in [-0.1, -0.05) is 12.1 Å². The van der Waals surface area contributed by atoms with Crippen molar-refractivity contribution in [3.8, 4) is 5.75 Å². The number of fused-ring (bicyclic) bond motifs is 1. The number of H-pyrrole nitrogens is 1. The van der Waals surface area contributed by atoms with Crippen molar-refractivity contribution in [2.24, 2.45) is 0 Å². The molecule has 0 aliphatic carbocycles. The van der Waals surface area contributed by atoms with Crippen LogP contribution in [0.3, 0.4) is 0 Å². The average molecular weight is 298 g/mol. The van der Waals surface area contributed by atoms with Crippen molar-refractivity contribution in [2.45, 2.75) is 6.42 Å². The number of para-hydroxylation sites is 1. The van der Waals surface area contributed by atoms with Crippen molar-refractivity contribution in [1.82, 2.24) is 4.98 Å². The van der Waals surface area contributed by atoms with Crippen LogP contribution in [0.4, 0.5) is 10.1 Å². The summed E-state index contributed by atoms with van der Waals surface area (Å²) in [7, 11) is 1.59. The number of hydrogen-bond donors (Lipinski definition) is 2. The summed E-state index contributed by atoms with van der Waals surface area (Å²) in [6, 6.07) is 11.9. The number of aromatic amines is 1. The second-order valence-electron chi connectivity index (χ2n) is 4.93. The first-order chi connectivity index (χ1) is 10.7. The number of rotatable bonds is 4. The highest BCUT2D eigenvalue weighted by atomic mass is 19.1. The van der Waals surface area contributed by atoms with Gasteiger partial charge in [0.05, 0.1) is 19.0 Å². The Labute approximate surface area is 126 Å². The molecule has 1 amide bonds. The van der Waals surface area contributed by atoms with Crippen LogP contribution in [0.15, 0.2) is 48.7 Å². The van der Waals surface area contributed by atoms with E-state index in [1.165, 1.54) is 6.07 Å². The van der Waals surface area contributed by atoms with E-state index >= 15 is 0 Å². The minimum Gasteiger partial charge on any atom is -0.497 e. The quantitative estimate of drug-likeness (QED) is 0.774. The lowest BCUT2D eigenvalue weighted by Gasteiger charge is -2.06. The third-order valence-corrected chi connectivity index (χ3v) is 3.48. The van der Waals surface area contributed by atoms with E-state index in [0.29, 0.717) is 11.2 Å². The van der Waals surface area contributed by atoms with Crippen LogP contribution in [0.1, 0.15) is 5.56 Å². The highest BCUT2D eigenvalue weighted by molar-refractivity contribution is 5.95. The van der Waals surface area contributed by atoms with E-state index in [-0.39, 0.29) is 18.1 Å². The maximum absolute atomic E-state index is 13.6. The predicted octanol–water partition coefficient (Wildman–Crippen LogP) is 3.50. The lowest BCUT2D eigenvalue weighted by atomic mass is 10.1. The molecule has 0 aliphatic rings. The molecule has 5 heteroatoms. The first-order valence-corrected chi connectivity index (χ1v) is 6.86. The third kappa shape index (κ3) is 2.79. The Morgan fingerprint density at radius 2 is 2.00 bits per heavy atom. The second kappa shape index (κ2) is 5.89. The molecule has 1 aromatic heterocycles. The predicted molar refractivity (Wildman–Crippen MR) is 83.6 cm³/mol. The Balaban J connectivity index is 1.74. The summed E-state index contributed by atoms with van der Waals surface area (Å²) in [6.45, 7) is 0. The lowest BCUT2D eigenvalue weighted by Crippen LogP contribution is -2.14. The zero-order chi connectivity index (χ0) is 15.5. The van der Waals surface area contributed by atoms with E-state index in [4.69, 9.17) is 4.74 Å². The number of carbonyl (C=O) groups is 1. The largest absolute Gasteiger partial charge is 0.497 e. The van der Waals surface area contributed by atoms with E-state index in [1.54, 1.807) is 49.7 Å². The molecule has 0 atom stereocenters. The number of methoxy groups -OCH3 is 1. The van der Waals surface area contributed by atoms with Gasteiger partial charge in [-0.2, -0.15) is 0 Å². The lowest BCUT2D eigenvalue weighted by molar-refractivity contribution is -0.115. The topological polar surface area (TPSA) is 54.1 Å². The fourth-order valence-electron chi connectivity index (χ4n) is 2.37. The third-order valence-electron chi connectivity index (χ3n) is 3.48. The molecule has 0 saturated heterocycles. The molecule has 0 bridgehead atoms. The SMILES string of the molecule is COc1ccc(NC(=O)Cc2c[nH]c3c(F)cccc23)cc1. The van der Waals surface area contributed by atoms with E-state index in [1.807, 2.05) is 0 Å². The van der Waals surface area contributed by atoms with Crippen molar-refractivity contribution in [3.05, 3.63) is 60.0 Å². The number of aromatic nitrogens is 1. The molecule has 4 nitrogen and oxygen atoms in total. The molecule has 3 aromatic rings. The molecule has 0 unspecified atom stereocenters. The normalized spacial score (nSPS) is 10.6. The summed E-state index contributed by atoms with van der Waals surface area (Å²) in [5.74, 6) is 0.250. The molecule has 1 heterocycles. The number of amides is 1. The summed E-state index contributed by atoms with van der Waals surface area (Å²) in [5.41, 5.74) is 1.88. The number of anilines is 1. The van der Waals surface area contributed by atoms with Gasteiger partial charge in [-0.3, -0.25) is 4.79 Å². The number of carbonyl (C=O) groups excluding carboxylic acids is 1. The molecule has 3 rings (SSSR count). The summed E-state index contributed by atoms with van der Waals surface area (Å²) < 4.78 is 18.7. The maximum atomic E-state index is 13.6. The monoisotopic (exact) mass is 298 g/mol. The smallest absolute Gasteiger partial charge is 0.228 e. The van der Waals surface area contributed by atoms with Gasteiger partial charge in [0.25, 0.3) is 0 Å². The molecular weight excluding hydrogens is 283 g/mol. The molecule has 2 N–H and O–H groups in total. The van der Waals surface area contributed by atoms with Crippen LogP contribution in [0.2, 0.25) is 0 Å². The van der Waals surface area contributed by atoms with Crippen LogP contribution >= 0.6 is 0 Å². The molecule has 22 heavy (non-hydrogen) atoms. The standard InChI is InChI=1S/C17H15FN2O2/c1-22-13-7-5-12(6-8-13)20-16(21)9-11-10-19-17-14(11)3-2-4-15(17)18/h2-8,10,19H,9H2,1H3,(H,20,21). The van der Waals surface area contributed by atoms with Crippen LogP contribution in [0, 0.1) is 5.82 Å². The Morgan fingerprint density at radius 1 is 1.23 bits per heavy atom. The van der Waals surface area contributed by atoms with Gasteiger partial charge in [0.2, 0.25) is 5.91 Å². The Hall–Kier alpha value is -2.82. The summed E-state index contributed by atoms with van der Waals surface area (Å²) in [6.07, 6.45) is 1.84. The first kappa shape index (κ1) is 14.1. The summed E-state index contributed by atoms with van der Waals surface area (Å²) in [5, 5.41) is 3.54. The van der Waals surface area contributed by atoms with Crippen LogP contribution in [0.25, 0.3) is 10.9 Å². The van der Waals surface area contributed by atoms with Gasteiger partial charge in [0, 0.05) is 17.3 Å². The molecule has 0 radical (unpaired) electrons. The van der Waals surface area contributed by atoms with E-state index in [2.05, 4.69) is 10.3 Å². The zero-order valence-electron chi connectivity index (χ0n) is 12.0. The van der Waals surface area contributed by atoms with Gasteiger partial charge < -0.3 is 15.0 Å². The Bertz CT molecular complexity index is 809. The molecule has 2 aromatic carbocycles. The highest BCUT2D eigenvalue weighted by Gasteiger charge is 2.11. The Morgan fingerprint density at radius 3 is 2.73 bits per heavy atom. The van der Waals surface area contributed by atoms with E-state index < -0.39 is 0 Å². The van der Waals surface area contributed by atoms with Crippen LogP contribution in [-0.2, 0) is 11.2 Å². The van der Waals surface area contributed by atoms with Gasteiger partial charge >= 0.3 is 0 Å². The molecule has 0 saturated carbocycles. The van der Waals surface area contributed by atoms with Gasteiger partial charge in [0.15, 0.2) is 0 Å². The Kier molecular flexibility index (Phi) is 3.78. The van der Waals surface area contributed by atoms with Crippen LogP contribution in [0.5, 0.6) is 5.75 Å². The van der Waals surface area contributed by atoms with Crippen molar-refractivity contribution in [3.63, 3.8) is 0 Å². The second-order valence-corrected chi connectivity index (χ2v) is 4.93. The minimum absolute atomic E-state index is 0.157. The maximum Gasteiger partial charge on any atom is 0.228 e. The number of ether oxygens (including phenoxy) is 1. The number of halogens is 1. The van der Waals surface area contributed by atoms with Crippen molar-refractivity contribution >= 4 is 22.5 Å². The van der Waals surface area contributed by atoms with Crippen molar-refractivity contribution < 1.29 is 13.9 Å². The fraction of sp³-hybridized carbons (Fsp3) is 0.118. The number of hydrogen-bond acceptors (Lipinski definition) is 2. The van der Waals surface area contributed by atoms with Crippen LogP contribution < -0.4 is 10.1 Å². The molecule has 0 fully saturated rings. The van der Waals surface area contributed by atoms with E-state index in [0.717, 1.165) is 16.7 Å². The number of benzene rings is 2. The molecule has 112 valence electrons. The zero-order valence-corrected chi connectivity index (χ0v) is 12.0. The van der Waals surface area contributed by atoms with Crippen molar-refractivity contribution in [1.29, 1.82) is 0 Å². The highest BCUT2D eigenvalue weighted by Crippen LogP contribution is 2.22. The van der Waals surface area contributed by atoms with Crippen LogP contribution in [-0.4, -0.2) is 18.0 Å². The molecule has 0 aliphatic heterocycles. The van der Waals surface area contributed by atoms with Gasteiger partial charge in [-0.15, -0.1) is 0 Å². The fourth-order valence-corrected chi connectivity index (χ4v) is 2.37. The first-order valence-electron chi connectivity index (χ1n) is 6.86. The molecule has 0 spiro atoms. The van der Waals surface area contributed by atoms with E-state index in [9.17, 15) is 9.18 Å².